The minimum absolute atomic E-state index is 0.119. The molecule has 138 valence electrons. The average molecular weight is 373 g/mol. The highest BCUT2D eigenvalue weighted by atomic mass is 16.9. The van der Waals surface area contributed by atoms with Gasteiger partial charge in [-0.25, -0.2) is 9.97 Å². The van der Waals surface area contributed by atoms with Crippen LogP contribution in [0.1, 0.15) is 5.56 Å². The molecule has 0 radical (unpaired) electrons. The van der Waals surface area contributed by atoms with Crippen molar-refractivity contribution in [2.45, 2.75) is 6.54 Å². The molecule has 2 aromatic carbocycles. The molecule has 8 nitrogen and oxygen atoms in total. The molecule has 0 spiro atoms. The Kier molecular flexibility index (Phi) is 3.70. The number of fused-ring (bicyclic) bond motifs is 2. The lowest BCUT2D eigenvalue weighted by Crippen LogP contribution is -2.21. The molecule has 2 aromatic heterocycles. The van der Waals surface area contributed by atoms with Gasteiger partial charge in [0.15, 0.2) is 11.5 Å². The summed E-state index contributed by atoms with van der Waals surface area (Å²) in [5.74, 6) is 1.64. The molecule has 5 rings (SSSR count). The van der Waals surface area contributed by atoms with Gasteiger partial charge in [0.2, 0.25) is 0 Å². The fraction of sp³-hybridized carbons (Fsp3) is 0.0500. The number of aromatic nitrogens is 3. The summed E-state index contributed by atoms with van der Waals surface area (Å²) in [4.78, 5) is 31.8. The van der Waals surface area contributed by atoms with Crippen molar-refractivity contribution in [1.82, 2.24) is 20.2 Å². The largest absolute Gasteiger partial charge is 0.384 e. The van der Waals surface area contributed by atoms with E-state index in [2.05, 4.69) is 15.6 Å². The maximum absolute atomic E-state index is 13.0. The Morgan fingerprint density at radius 1 is 0.964 bits per heavy atom. The van der Waals surface area contributed by atoms with Gasteiger partial charge in [0, 0.05) is 17.4 Å². The van der Waals surface area contributed by atoms with Crippen LogP contribution in [0.2, 0.25) is 0 Å². The van der Waals surface area contributed by atoms with E-state index in [0.29, 0.717) is 34.8 Å². The van der Waals surface area contributed by atoms with E-state index >= 15 is 0 Å². The van der Waals surface area contributed by atoms with Crippen molar-refractivity contribution >= 4 is 16.7 Å². The molecule has 8 heteroatoms. The number of anilines is 1. The summed E-state index contributed by atoms with van der Waals surface area (Å²) in [6.45, 7) is 0.367. The van der Waals surface area contributed by atoms with Gasteiger partial charge >= 0.3 is 0 Å². The van der Waals surface area contributed by atoms with Gasteiger partial charge in [-0.05, 0) is 47.5 Å². The van der Waals surface area contributed by atoms with E-state index in [1.165, 1.54) is 0 Å². The van der Waals surface area contributed by atoms with Crippen LogP contribution in [0.5, 0.6) is 11.5 Å². The topological polar surface area (TPSA) is 104 Å². The van der Waals surface area contributed by atoms with Crippen LogP contribution in [0.25, 0.3) is 22.0 Å². The molecule has 0 amide bonds. The fourth-order valence-corrected chi connectivity index (χ4v) is 3.15. The minimum Gasteiger partial charge on any atom is -0.384 e. The van der Waals surface area contributed by atoms with E-state index in [1.54, 1.807) is 29.2 Å². The van der Waals surface area contributed by atoms with Crippen molar-refractivity contribution in [3.63, 3.8) is 0 Å². The molecule has 0 saturated carbocycles. The number of benzene rings is 2. The smallest absolute Gasteiger partial charge is 0.261 e. The number of nitrogens with two attached hydrogens (primary N) is 1. The summed E-state index contributed by atoms with van der Waals surface area (Å²) in [5.41, 5.74) is 11.2. The van der Waals surface area contributed by atoms with Crippen molar-refractivity contribution in [3.8, 4) is 22.6 Å². The zero-order valence-corrected chi connectivity index (χ0v) is 14.6. The van der Waals surface area contributed by atoms with Crippen LogP contribution in [0.3, 0.4) is 0 Å². The van der Waals surface area contributed by atoms with Gasteiger partial charge in [-0.2, -0.15) is 0 Å². The second-order valence-electron chi connectivity index (χ2n) is 6.45. The third-order valence-corrected chi connectivity index (χ3v) is 4.61. The molecule has 3 heterocycles. The molecule has 1 aliphatic rings. The van der Waals surface area contributed by atoms with E-state index < -0.39 is 0 Å². The summed E-state index contributed by atoms with van der Waals surface area (Å²) in [7, 11) is 0. The first-order chi connectivity index (χ1) is 13.7. The van der Waals surface area contributed by atoms with Crippen LogP contribution in [-0.2, 0) is 6.54 Å². The van der Waals surface area contributed by atoms with Gasteiger partial charge in [-0.3, -0.25) is 9.36 Å². The molecule has 3 N–H and O–H groups in total. The average Bonchev–Trinajstić information content (AvgIpc) is 3.18. The normalized spacial score (nSPS) is 12.4. The van der Waals surface area contributed by atoms with Gasteiger partial charge in [0.05, 0.1) is 23.8 Å². The summed E-state index contributed by atoms with van der Waals surface area (Å²) in [5, 5.41) is 0.541. The third kappa shape index (κ3) is 2.81. The summed E-state index contributed by atoms with van der Waals surface area (Å²) in [6, 6.07) is 14.7. The van der Waals surface area contributed by atoms with Crippen LogP contribution >= 0.6 is 0 Å². The van der Waals surface area contributed by atoms with Crippen molar-refractivity contribution in [2.24, 2.45) is 0 Å². The zero-order chi connectivity index (χ0) is 19.1. The van der Waals surface area contributed by atoms with Crippen LogP contribution < -0.4 is 26.6 Å². The number of pyridine rings is 1. The fourth-order valence-electron chi connectivity index (χ4n) is 3.15. The molecule has 0 unspecified atom stereocenters. The number of nitrogens with one attached hydrogen (secondary N) is 1. The third-order valence-electron chi connectivity index (χ3n) is 4.61. The number of hydrogen-bond acceptors (Lipinski definition) is 7. The molecule has 0 saturated heterocycles. The maximum Gasteiger partial charge on any atom is 0.261 e. The number of hydrogen-bond donors (Lipinski definition) is 2. The second-order valence-corrected chi connectivity index (χ2v) is 6.45. The molecular weight excluding hydrogens is 358 g/mol. The Balaban J connectivity index is 1.54. The van der Waals surface area contributed by atoms with Crippen molar-refractivity contribution in [2.75, 3.05) is 5.73 Å². The minimum atomic E-state index is -0.119. The van der Waals surface area contributed by atoms with Crippen LogP contribution in [-0.4, -0.2) is 14.5 Å². The molecule has 0 fully saturated rings. The van der Waals surface area contributed by atoms with Crippen LogP contribution in [0, 0.1) is 0 Å². The quantitative estimate of drug-likeness (QED) is 0.568. The lowest BCUT2D eigenvalue weighted by atomic mass is 10.1. The highest BCUT2D eigenvalue weighted by Crippen LogP contribution is 2.30. The van der Waals surface area contributed by atoms with E-state index in [9.17, 15) is 4.79 Å². The lowest BCUT2D eigenvalue weighted by Gasteiger charge is -2.09. The van der Waals surface area contributed by atoms with Gasteiger partial charge in [-0.15, -0.1) is 0 Å². The SMILES string of the molecule is Nc1ccc(-c2ccc3ncn(Cc4ccc5c(c4)ONO5)c(=O)c3c2)cn1. The second kappa shape index (κ2) is 6.36. The first-order valence-electron chi connectivity index (χ1n) is 8.60. The van der Waals surface area contributed by atoms with E-state index in [-0.39, 0.29) is 5.56 Å². The molecule has 1 aliphatic heterocycles. The van der Waals surface area contributed by atoms with Crippen LogP contribution in [0.15, 0.2) is 65.8 Å². The number of nitrogen functional groups attached to an aromatic ring is 1. The summed E-state index contributed by atoms with van der Waals surface area (Å²) in [6.07, 6.45) is 3.24. The Labute approximate surface area is 159 Å². The van der Waals surface area contributed by atoms with E-state index in [0.717, 1.165) is 16.7 Å². The number of nitrogens with zero attached hydrogens (tertiary/aromatic N) is 3. The van der Waals surface area contributed by atoms with Crippen molar-refractivity contribution < 1.29 is 9.68 Å². The monoisotopic (exact) mass is 373 g/mol. The van der Waals surface area contributed by atoms with E-state index in [1.807, 2.05) is 36.4 Å². The molecule has 0 aliphatic carbocycles. The molecule has 28 heavy (non-hydrogen) atoms. The Bertz CT molecular complexity index is 1250. The van der Waals surface area contributed by atoms with Crippen molar-refractivity contribution in [1.29, 1.82) is 0 Å². The predicted molar refractivity (Wildman–Crippen MR) is 104 cm³/mol. The maximum atomic E-state index is 13.0. The molecular formula is C20H15N5O3. The van der Waals surface area contributed by atoms with Gasteiger partial charge in [0.25, 0.3) is 5.56 Å². The zero-order valence-electron chi connectivity index (χ0n) is 14.6. The van der Waals surface area contributed by atoms with Crippen LogP contribution in [0.4, 0.5) is 5.82 Å². The molecule has 4 aromatic rings. The molecule has 0 atom stereocenters. The first kappa shape index (κ1) is 16.3. The Hall–Kier alpha value is -3.91. The lowest BCUT2D eigenvalue weighted by molar-refractivity contribution is 0.0259. The van der Waals surface area contributed by atoms with Gasteiger partial charge in [0.1, 0.15) is 5.82 Å². The van der Waals surface area contributed by atoms with Gasteiger partial charge < -0.3 is 15.4 Å². The Morgan fingerprint density at radius 3 is 2.68 bits per heavy atom. The predicted octanol–water partition coefficient (Wildman–Crippen LogP) is 2.28. The molecule has 0 bridgehead atoms. The number of rotatable bonds is 3. The highest BCUT2D eigenvalue weighted by Gasteiger charge is 2.15. The van der Waals surface area contributed by atoms with Crippen molar-refractivity contribution in [3.05, 3.63) is 77.0 Å². The van der Waals surface area contributed by atoms with E-state index in [4.69, 9.17) is 15.4 Å². The standard InChI is InChI=1S/C20H15N5O3/c21-19-6-3-14(9-22-19)13-2-4-16-15(8-13)20(26)25(11-23-16)10-12-1-5-17-18(7-12)28-24-27-17/h1-9,11,24H,10H2,(H2,21,22). The highest BCUT2D eigenvalue weighted by molar-refractivity contribution is 5.83. The Morgan fingerprint density at radius 2 is 1.82 bits per heavy atom. The summed E-state index contributed by atoms with van der Waals surface area (Å²) < 4.78 is 1.57. The van der Waals surface area contributed by atoms with Gasteiger partial charge in [-0.1, -0.05) is 12.1 Å². The summed E-state index contributed by atoms with van der Waals surface area (Å²) >= 11 is 0. The first-order valence-corrected chi connectivity index (χ1v) is 8.60.